The standard InChI is InChI=1S/C15H22N2O2S/c1-15(2)11-17(7-9-20-15)14(18)6-8-19-13-5-3-4-12(16)10-13/h3-5,10H,6-9,11,16H2,1-2H3. The van der Waals surface area contributed by atoms with Gasteiger partial charge in [0.25, 0.3) is 0 Å². The van der Waals surface area contributed by atoms with E-state index in [4.69, 9.17) is 10.5 Å². The smallest absolute Gasteiger partial charge is 0.226 e. The fourth-order valence-corrected chi connectivity index (χ4v) is 3.36. The summed E-state index contributed by atoms with van der Waals surface area (Å²) in [7, 11) is 0. The average Bonchev–Trinajstić information content (AvgIpc) is 2.37. The number of benzene rings is 1. The van der Waals surface area contributed by atoms with E-state index in [0.29, 0.717) is 24.5 Å². The first-order chi connectivity index (χ1) is 9.46. The van der Waals surface area contributed by atoms with Crippen LogP contribution in [-0.2, 0) is 4.79 Å². The maximum Gasteiger partial charge on any atom is 0.226 e. The second-order valence-electron chi connectivity index (χ2n) is 5.59. The van der Waals surface area contributed by atoms with E-state index in [-0.39, 0.29) is 10.7 Å². The molecule has 20 heavy (non-hydrogen) atoms. The summed E-state index contributed by atoms with van der Waals surface area (Å²) in [5, 5.41) is 0. The molecule has 0 atom stereocenters. The molecule has 2 rings (SSSR count). The summed E-state index contributed by atoms with van der Waals surface area (Å²) >= 11 is 1.92. The largest absolute Gasteiger partial charge is 0.493 e. The third-order valence-corrected chi connectivity index (χ3v) is 4.52. The highest BCUT2D eigenvalue weighted by Gasteiger charge is 2.29. The van der Waals surface area contributed by atoms with Gasteiger partial charge in [0.1, 0.15) is 5.75 Å². The fraction of sp³-hybridized carbons (Fsp3) is 0.533. The molecule has 1 amide bonds. The minimum atomic E-state index is 0.155. The van der Waals surface area contributed by atoms with Gasteiger partial charge in [-0.05, 0) is 26.0 Å². The number of ether oxygens (including phenoxy) is 1. The number of nitrogens with two attached hydrogens (primary N) is 1. The minimum absolute atomic E-state index is 0.155. The zero-order chi connectivity index (χ0) is 14.6. The molecule has 1 fully saturated rings. The number of thioether (sulfide) groups is 1. The number of amides is 1. The molecule has 1 aliphatic heterocycles. The fourth-order valence-electron chi connectivity index (χ4n) is 2.25. The van der Waals surface area contributed by atoms with Crippen molar-refractivity contribution in [3.05, 3.63) is 24.3 Å². The molecule has 4 nitrogen and oxygen atoms in total. The second-order valence-corrected chi connectivity index (χ2v) is 7.40. The van der Waals surface area contributed by atoms with E-state index in [1.54, 1.807) is 6.07 Å². The number of hydrogen-bond acceptors (Lipinski definition) is 4. The van der Waals surface area contributed by atoms with Crippen molar-refractivity contribution in [3.63, 3.8) is 0 Å². The molecule has 0 saturated carbocycles. The topological polar surface area (TPSA) is 55.6 Å². The lowest BCUT2D eigenvalue weighted by atomic mass is 10.2. The number of rotatable bonds is 4. The van der Waals surface area contributed by atoms with Gasteiger partial charge in [0.2, 0.25) is 5.91 Å². The van der Waals surface area contributed by atoms with Gasteiger partial charge in [-0.3, -0.25) is 4.79 Å². The van der Waals surface area contributed by atoms with Gasteiger partial charge in [-0.15, -0.1) is 0 Å². The summed E-state index contributed by atoms with van der Waals surface area (Å²) in [6.45, 7) is 6.41. The molecule has 1 aromatic rings. The van der Waals surface area contributed by atoms with Crippen LogP contribution in [0.25, 0.3) is 0 Å². The van der Waals surface area contributed by atoms with Crippen LogP contribution in [-0.4, -0.2) is 41.0 Å². The third kappa shape index (κ3) is 4.34. The molecule has 0 spiro atoms. The number of nitrogens with zero attached hydrogens (tertiary/aromatic N) is 1. The maximum absolute atomic E-state index is 12.2. The SMILES string of the molecule is CC1(C)CN(C(=O)CCOc2cccc(N)c2)CCS1. The monoisotopic (exact) mass is 294 g/mol. The number of carbonyl (C=O) groups is 1. The molecule has 1 aliphatic rings. The molecule has 0 aliphatic carbocycles. The van der Waals surface area contributed by atoms with Crippen molar-refractivity contribution >= 4 is 23.4 Å². The highest BCUT2D eigenvalue weighted by atomic mass is 32.2. The normalized spacial score (nSPS) is 17.8. The number of hydrogen-bond donors (Lipinski definition) is 1. The molecule has 0 aromatic heterocycles. The van der Waals surface area contributed by atoms with Crippen molar-refractivity contribution in [1.82, 2.24) is 4.90 Å². The highest BCUT2D eigenvalue weighted by molar-refractivity contribution is 8.00. The van der Waals surface area contributed by atoms with Gasteiger partial charge in [-0.1, -0.05) is 6.07 Å². The van der Waals surface area contributed by atoms with Crippen molar-refractivity contribution < 1.29 is 9.53 Å². The lowest BCUT2D eigenvalue weighted by molar-refractivity contribution is -0.132. The summed E-state index contributed by atoms with van der Waals surface area (Å²) in [4.78, 5) is 14.1. The van der Waals surface area contributed by atoms with Crippen LogP contribution in [0.3, 0.4) is 0 Å². The van der Waals surface area contributed by atoms with Gasteiger partial charge in [0, 0.05) is 35.3 Å². The number of carbonyl (C=O) groups excluding carboxylic acids is 1. The Bertz CT molecular complexity index is 477. The molecule has 1 aromatic carbocycles. The molecular weight excluding hydrogens is 272 g/mol. The minimum Gasteiger partial charge on any atom is -0.493 e. The molecule has 5 heteroatoms. The van der Waals surface area contributed by atoms with Crippen molar-refractivity contribution in [2.45, 2.75) is 25.0 Å². The Morgan fingerprint density at radius 3 is 3.00 bits per heavy atom. The summed E-state index contributed by atoms with van der Waals surface area (Å²) in [6.07, 6.45) is 0.412. The Kier molecular flexibility index (Phi) is 4.81. The molecular formula is C15H22N2O2S. The molecule has 1 saturated heterocycles. The molecule has 0 bridgehead atoms. The van der Waals surface area contributed by atoms with Crippen LogP contribution in [0, 0.1) is 0 Å². The lowest BCUT2D eigenvalue weighted by Gasteiger charge is -2.37. The van der Waals surface area contributed by atoms with Gasteiger partial charge < -0.3 is 15.4 Å². The summed E-state index contributed by atoms with van der Waals surface area (Å²) in [6, 6.07) is 7.27. The highest BCUT2D eigenvalue weighted by Crippen LogP contribution is 2.29. The zero-order valence-electron chi connectivity index (χ0n) is 12.1. The molecule has 110 valence electrons. The maximum atomic E-state index is 12.2. The van der Waals surface area contributed by atoms with Gasteiger partial charge in [-0.25, -0.2) is 0 Å². The van der Waals surface area contributed by atoms with Crippen LogP contribution >= 0.6 is 11.8 Å². The van der Waals surface area contributed by atoms with E-state index < -0.39 is 0 Å². The van der Waals surface area contributed by atoms with Gasteiger partial charge in [0.15, 0.2) is 0 Å². The lowest BCUT2D eigenvalue weighted by Crippen LogP contribution is -2.46. The van der Waals surface area contributed by atoms with E-state index >= 15 is 0 Å². The van der Waals surface area contributed by atoms with Gasteiger partial charge in [0.05, 0.1) is 13.0 Å². The average molecular weight is 294 g/mol. The van der Waals surface area contributed by atoms with Crippen LogP contribution in [0.5, 0.6) is 5.75 Å². The van der Waals surface area contributed by atoms with Crippen LogP contribution in [0.4, 0.5) is 5.69 Å². The van der Waals surface area contributed by atoms with E-state index in [9.17, 15) is 4.79 Å². The van der Waals surface area contributed by atoms with E-state index in [1.807, 2.05) is 34.9 Å². The summed E-state index contributed by atoms with van der Waals surface area (Å²) in [5.74, 6) is 1.89. The van der Waals surface area contributed by atoms with Crippen LogP contribution in [0.15, 0.2) is 24.3 Å². The van der Waals surface area contributed by atoms with Crippen molar-refractivity contribution in [2.75, 3.05) is 31.2 Å². The zero-order valence-corrected chi connectivity index (χ0v) is 12.9. The molecule has 0 radical (unpaired) electrons. The number of anilines is 1. The molecule has 0 unspecified atom stereocenters. The first-order valence-corrected chi connectivity index (χ1v) is 7.85. The van der Waals surface area contributed by atoms with Gasteiger partial charge >= 0.3 is 0 Å². The Hall–Kier alpha value is -1.36. The molecule has 2 N–H and O–H groups in total. The van der Waals surface area contributed by atoms with E-state index in [2.05, 4.69) is 13.8 Å². The predicted molar refractivity (Wildman–Crippen MR) is 84.1 cm³/mol. The molecule has 1 heterocycles. The van der Waals surface area contributed by atoms with E-state index in [1.165, 1.54) is 0 Å². The van der Waals surface area contributed by atoms with Gasteiger partial charge in [-0.2, -0.15) is 11.8 Å². The summed E-state index contributed by atoms with van der Waals surface area (Å²) < 4.78 is 5.72. The van der Waals surface area contributed by atoms with Crippen LogP contribution in [0.1, 0.15) is 20.3 Å². The van der Waals surface area contributed by atoms with Crippen LogP contribution < -0.4 is 10.5 Å². The van der Waals surface area contributed by atoms with Crippen molar-refractivity contribution in [3.8, 4) is 5.75 Å². The Morgan fingerprint density at radius 1 is 1.50 bits per heavy atom. The Balaban J connectivity index is 1.78. The summed E-state index contributed by atoms with van der Waals surface area (Å²) in [5.41, 5.74) is 6.35. The quantitative estimate of drug-likeness (QED) is 0.866. The predicted octanol–water partition coefficient (Wildman–Crippen LogP) is 2.39. The van der Waals surface area contributed by atoms with Crippen LogP contribution in [0.2, 0.25) is 0 Å². The Morgan fingerprint density at radius 2 is 2.30 bits per heavy atom. The van der Waals surface area contributed by atoms with Crippen molar-refractivity contribution in [2.24, 2.45) is 0 Å². The first kappa shape index (κ1) is 15.0. The van der Waals surface area contributed by atoms with Crippen molar-refractivity contribution in [1.29, 1.82) is 0 Å². The Labute approximate surface area is 124 Å². The van der Waals surface area contributed by atoms with E-state index in [0.717, 1.165) is 18.8 Å². The first-order valence-electron chi connectivity index (χ1n) is 6.86. The second kappa shape index (κ2) is 6.39. The third-order valence-electron chi connectivity index (χ3n) is 3.22. The number of nitrogen functional groups attached to an aromatic ring is 1.